The number of aryl methyl sites for hydroxylation is 1. The van der Waals surface area contributed by atoms with Crippen LogP contribution >= 0.6 is 11.3 Å². The summed E-state index contributed by atoms with van der Waals surface area (Å²) in [6, 6.07) is 5.68. The third-order valence-electron chi connectivity index (χ3n) is 3.10. The quantitative estimate of drug-likeness (QED) is 0.882. The second-order valence-corrected chi connectivity index (χ2v) is 5.60. The molecule has 1 aromatic carbocycles. The number of carbonyl (C=O) groups excluding carboxylic acids is 2. The van der Waals surface area contributed by atoms with Crippen LogP contribution in [-0.4, -0.2) is 31.3 Å². The fraction of sp³-hybridized carbons (Fsp3) is 0.286. The number of carbonyl (C=O) groups is 2. The van der Waals surface area contributed by atoms with Gasteiger partial charge in [0.1, 0.15) is 19.3 Å². The average molecular weight is 291 g/mol. The van der Waals surface area contributed by atoms with Gasteiger partial charge < -0.3 is 14.8 Å². The standard InChI is InChI=1S/C14H13NO4S/c1-8-2-3-10-11(7-20-12(10)4-8)13(16)18-5-9-6-19-14(17)15-9/h2-4,7,9H,5-6H2,1H3,(H,15,17). The van der Waals surface area contributed by atoms with Gasteiger partial charge in [-0.3, -0.25) is 0 Å². The van der Waals surface area contributed by atoms with Crippen molar-refractivity contribution in [2.45, 2.75) is 13.0 Å². The molecule has 0 aliphatic carbocycles. The summed E-state index contributed by atoms with van der Waals surface area (Å²) in [6.45, 7) is 2.36. The van der Waals surface area contributed by atoms with Gasteiger partial charge in [-0.25, -0.2) is 9.59 Å². The first-order valence-electron chi connectivity index (χ1n) is 6.22. The van der Waals surface area contributed by atoms with Gasteiger partial charge in [-0.15, -0.1) is 11.3 Å². The molecule has 0 spiro atoms. The van der Waals surface area contributed by atoms with Crippen molar-refractivity contribution in [3.05, 3.63) is 34.7 Å². The fourth-order valence-corrected chi connectivity index (χ4v) is 3.09. The number of nitrogens with one attached hydrogen (secondary N) is 1. The molecule has 3 rings (SSSR count). The maximum atomic E-state index is 12.1. The largest absolute Gasteiger partial charge is 0.460 e. The van der Waals surface area contributed by atoms with E-state index >= 15 is 0 Å². The number of thiophene rings is 1. The van der Waals surface area contributed by atoms with Crippen LogP contribution in [0.25, 0.3) is 10.1 Å². The highest BCUT2D eigenvalue weighted by Crippen LogP contribution is 2.27. The molecule has 1 amide bonds. The lowest BCUT2D eigenvalue weighted by Gasteiger charge is -2.08. The lowest BCUT2D eigenvalue weighted by molar-refractivity contribution is 0.0471. The third-order valence-corrected chi connectivity index (χ3v) is 4.05. The number of hydrogen-bond acceptors (Lipinski definition) is 5. The molecule has 1 unspecified atom stereocenters. The van der Waals surface area contributed by atoms with E-state index in [0.717, 1.165) is 15.6 Å². The van der Waals surface area contributed by atoms with Gasteiger partial charge in [0.2, 0.25) is 0 Å². The Morgan fingerprint density at radius 1 is 1.55 bits per heavy atom. The third kappa shape index (κ3) is 2.46. The van der Waals surface area contributed by atoms with Crippen LogP contribution in [0, 0.1) is 6.92 Å². The molecule has 0 saturated carbocycles. The molecule has 1 saturated heterocycles. The molecule has 0 radical (unpaired) electrons. The predicted octanol–water partition coefficient (Wildman–Crippen LogP) is 2.47. The van der Waals surface area contributed by atoms with Crippen molar-refractivity contribution in [2.75, 3.05) is 13.2 Å². The highest BCUT2D eigenvalue weighted by molar-refractivity contribution is 7.17. The van der Waals surface area contributed by atoms with Crippen LogP contribution in [-0.2, 0) is 9.47 Å². The highest BCUT2D eigenvalue weighted by Gasteiger charge is 2.24. The zero-order chi connectivity index (χ0) is 14.1. The van der Waals surface area contributed by atoms with Crippen LogP contribution in [0.2, 0.25) is 0 Å². The zero-order valence-electron chi connectivity index (χ0n) is 10.8. The number of benzene rings is 1. The minimum absolute atomic E-state index is 0.119. The van der Waals surface area contributed by atoms with Crippen molar-refractivity contribution < 1.29 is 19.1 Å². The van der Waals surface area contributed by atoms with Crippen LogP contribution in [0.15, 0.2) is 23.6 Å². The van der Waals surface area contributed by atoms with Gasteiger partial charge in [0.05, 0.1) is 5.56 Å². The Kier molecular flexibility index (Phi) is 3.31. The predicted molar refractivity (Wildman–Crippen MR) is 75.1 cm³/mol. The summed E-state index contributed by atoms with van der Waals surface area (Å²) in [7, 11) is 0. The molecular weight excluding hydrogens is 278 g/mol. The van der Waals surface area contributed by atoms with Crippen LogP contribution < -0.4 is 5.32 Å². The number of esters is 1. The molecule has 20 heavy (non-hydrogen) atoms. The van der Waals surface area contributed by atoms with E-state index in [9.17, 15) is 9.59 Å². The monoisotopic (exact) mass is 291 g/mol. The van der Waals surface area contributed by atoms with E-state index in [1.807, 2.05) is 25.1 Å². The number of cyclic esters (lactones) is 1. The lowest BCUT2D eigenvalue weighted by Crippen LogP contribution is -2.31. The molecule has 1 N–H and O–H groups in total. The summed E-state index contributed by atoms with van der Waals surface area (Å²) in [5.41, 5.74) is 1.72. The van der Waals surface area contributed by atoms with Crippen molar-refractivity contribution in [3.8, 4) is 0 Å². The molecule has 1 atom stereocenters. The van der Waals surface area contributed by atoms with Gasteiger partial charge in [-0.05, 0) is 18.6 Å². The molecule has 6 heteroatoms. The maximum absolute atomic E-state index is 12.1. The van der Waals surface area contributed by atoms with E-state index in [1.54, 1.807) is 5.38 Å². The molecule has 0 bridgehead atoms. The van der Waals surface area contributed by atoms with Crippen LogP contribution in [0.1, 0.15) is 15.9 Å². The average Bonchev–Trinajstić information content (AvgIpc) is 3.01. The summed E-state index contributed by atoms with van der Waals surface area (Å²) in [6.07, 6.45) is -0.470. The van der Waals surface area contributed by atoms with Crippen molar-refractivity contribution in [2.24, 2.45) is 0 Å². The van der Waals surface area contributed by atoms with Gasteiger partial charge in [0, 0.05) is 15.5 Å². The van der Waals surface area contributed by atoms with E-state index in [0.29, 0.717) is 5.56 Å². The summed E-state index contributed by atoms with van der Waals surface area (Å²) in [5, 5.41) is 5.27. The second kappa shape index (κ2) is 5.13. The summed E-state index contributed by atoms with van der Waals surface area (Å²) in [5.74, 6) is -0.374. The van der Waals surface area contributed by atoms with Gasteiger partial charge in [0.15, 0.2) is 0 Å². The first-order chi connectivity index (χ1) is 9.63. The fourth-order valence-electron chi connectivity index (χ4n) is 2.06. The van der Waals surface area contributed by atoms with Crippen molar-refractivity contribution in [3.63, 3.8) is 0 Å². The number of ether oxygens (including phenoxy) is 2. The molecule has 1 fully saturated rings. The van der Waals surface area contributed by atoms with Gasteiger partial charge in [0.25, 0.3) is 0 Å². The molecule has 1 aliphatic heterocycles. The van der Waals surface area contributed by atoms with Crippen molar-refractivity contribution >= 4 is 33.5 Å². The smallest absolute Gasteiger partial charge is 0.407 e. The second-order valence-electron chi connectivity index (χ2n) is 4.69. The van der Waals surface area contributed by atoms with Gasteiger partial charge >= 0.3 is 12.1 Å². The van der Waals surface area contributed by atoms with Crippen LogP contribution in [0.4, 0.5) is 4.79 Å². The molecule has 104 valence electrons. The minimum Gasteiger partial charge on any atom is -0.460 e. The summed E-state index contributed by atoms with van der Waals surface area (Å²) < 4.78 is 11.0. The summed E-state index contributed by atoms with van der Waals surface area (Å²) >= 11 is 1.52. The van der Waals surface area contributed by atoms with Crippen molar-refractivity contribution in [1.29, 1.82) is 0 Å². The van der Waals surface area contributed by atoms with Crippen LogP contribution in [0.3, 0.4) is 0 Å². The van der Waals surface area contributed by atoms with E-state index in [4.69, 9.17) is 9.47 Å². The molecule has 5 nitrogen and oxygen atoms in total. The van der Waals surface area contributed by atoms with E-state index in [-0.39, 0.29) is 25.2 Å². The van der Waals surface area contributed by atoms with E-state index in [2.05, 4.69) is 5.32 Å². The summed E-state index contributed by atoms with van der Waals surface area (Å²) in [4.78, 5) is 22.9. The molecule has 2 heterocycles. The zero-order valence-corrected chi connectivity index (χ0v) is 11.7. The van der Waals surface area contributed by atoms with E-state index < -0.39 is 6.09 Å². The van der Waals surface area contributed by atoms with E-state index in [1.165, 1.54) is 11.3 Å². The normalized spacial score (nSPS) is 17.9. The first kappa shape index (κ1) is 12.9. The maximum Gasteiger partial charge on any atom is 0.407 e. The lowest BCUT2D eigenvalue weighted by atomic mass is 10.1. The number of fused-ring (bicyclic) bond motifs is 1. The molecular formula is C14H13NO4S. The number of amides is 1. The highest BCUT2D eigenvalue weighted by atomic mass is 32.1. The number of alkyl carbamates (subject to hydrolysis) is 1. The topological polar surface area (TPSA) is 64.6 Å². The Bertz CT molecular complexity index is 679. The van der Waals surface area contributed by atoms with Gasteiger partial charge in [-0.1, -0.05) is 12.1 Å². The SMILES string of the molecule is Cc1ccc2c(C(=O)OCC3COC(=O)N3)csc2c1. The van der Waals surface area contributed by atoms with Crippen LogP contribution in [0.5, 0.6) is 0 Å². The number of hydrogen-bond donors (Lipinski definition) is 1. The first-order valence-corrected chi connectivity index (χ1v) is 7.10. The number of rotatable bonds is 3. The Morgan fingerprint density at radius 2 is 2.40 bits per heavy atom. The minimum atomic E-state index is -0.470. The van der Waals surface area contributed by atoms with Gasteiger partial charge in [-0.2, -0.15) is 0 Å². The van der Waals surface area contributed by atoms with Crippen molar-refractivity contribution in [1.82, 2.24) is 5.32 Å². The Balaban J connectivity index is 1.71. The Labute approximate surface area is 119 Å². The Hall–Kier alpha value is -2.08. The molecule has 1 aliphatic rings. The molecule has 1 aromatic heterocycles. The Morgan fingerprint density at radius 3 is 3.15 bits per heavy atom. The molecule has 2 aromatic rings.